The molecule has 1 aliphatic heterocycles. The Morgan fingerprint density at radius 2 is 2.13 bits per heavy atom. The van der Waals surface area contributed by atoms with Gasteiger partial charge in [-0.1, -0.05) is 24.3 Å². The molecule has 3 N–H and O–H groups in total. The van der Waals surface area contributed by atoms with Crippen LogP contribution in [0.5, 0.6) is 0 Å². The van der Waals surface area contributed by atoms with Crippen LogP contribution in [-0.4, -0.2) is 37.9 Å². The Hall–Kier alpha value is -1.54. The van der Waals surface area contributed by atoms with Crippen LogP contribution < -0.4 is 9.86 Å². The Morgan fingerprint density at radius 1 is 1.30 bits per heavy atom. The monoisotopic (exact) mass is 334 g/mol. The Bertz CT molecular complexity index is 773. The van der Waals surface area contributed by atoms with Crippen molar-refractivity contribution in [1.29, 1.82) is 0 Å². The molecule has 3 rings (SSSR count). The lowest BCUT2D eigenvalue weighted by Gasteiger charge is -2.32. The summed E-state index contributed by atoms with van der Waals surface area (Å²) in [5, 5.41) is 6.16. The molecule has 23 heavy (non-hydrogen) atoms. The predicted molar refractivity (Wildman–Crippen MR) is 90.9 cm³/mol. The first-order valence-corrected chi connectivity index (χ1v) is 9.38. The number of hydrogen-bond donors (Lipinski definition) is 2. The largest absolute Gasteiger partial charge is 0.299 e. The molecule has 1 unspecified atom stereocenters. The van der Waals surface area contributed by atoms with Crippen LogP contribution in [0.4, 0.5) is 0 Å². The summed E-state index contributed by atoms with van der Waals surface area (Å²) in [6.07, 6.45) is 3.91. The van der Waals surface area contributed by atoms with E-state index in [1.807, 2.05) is 12.3 Å². The van der Waals surface area contributed by atoms with Gasteiger partial charge in [0.15, 0.2) is 0 Å². The van der Waals surface area contributed by atoms with Gasteiger partial charge in [-0.2, -0.15) is 8.42 Å². The third-order valence-corrected chi connectivity index (χ3v) is 4.86. The van der Waals surface area contributed by atoms with Crippen molar-refractivity contribution in [3.63, 3.8) is 0 Å². The summed E-state index contributed by atoms with van der Waals surface area (Å²) in [5.74, 6) is 0.296. The maximum atomic E-state index is 11.0. The van der Waals surface area contributed by atoms with Crippen molar-refractivity contribution < 1.29 is 8.42 Å². The van der Waals surface area contributed by atoms with E-state index >= 15 is 0 Å². The van der Waals surface area contributed by atoms with Crippen LogP contribution in [0.1, 0.15) is 18.4 Å². The molecule has 2 aromatic rings. The van der Waals surface area contributed by atoms with Crippen molar-refractivity contribution in [3.8, 4) is 0 Å². The van der Waals surface area contributed by atoms with E-state index in [2.05, 4.69) is 38.9 Å². The number of nitrogens with one attached hydrogen (secondary N) is 1. The van der Waals surface area contributed by atoms with E-state index < -0.39 is 10.2 Å². The summed E-state index contributed by atoms with van der Waals surface area (Å²) in [5.41, 5.74) is 2.25. The topological polar surface area (TPSA) is 88.3 Å². The zero-order chi connectivity index (χ0) is 16.3. The molecule has 0 radical (unpaired) electrons. The van der Waals surface area contributed by atoms with E-state index in [9.17, 15) is 8.42 Å². The second-order valence-electron chi connectivity index (χ2n) is 6.13. The lowest BCUT2D eigenvalue weighted by Crippen LogP contribution is -2.42. The van der Waals surface area contributed by atoms with E-state index in [-0.39, 0.29) is 0 Å². The van der Waals surface area contributed by atoms with Crippen molar-refractivity contribution in [1.82, 2.24) is 14.6 Å². The van der Waals surface area contributed by atoms with Gasteiger partial charge in [0.2, 0.25) is 0 Å². The van der Waals surface area contributed by atoms with E-state index in [4.69, 9.17) is 5.14 Å². The maximum Gasteiger partial charge on any atom is 0.274 e. The highest BCUT2D eigenvalue weighted by molar-refractivity contribution is 7.87. The van der Waals surface area contributed by atoms with Crippen molar-refractivity contribution in [2.45, 2.75) is 19.4 Å². The maximum absolute atomic E-state index is 11.0. The third-order valence-electron chi connectivity index (χ3n) is 4.29. The second kappa shape index (κ2) is 6.92. The molecule has 7 heteroatoms. The molecule has 1 aromatic carbocycles. The fourth-order valence-electron chi connectivity index (χ4n) is 3.23. The highest BCUT2D eigenvalue weighted by atomic mass is 32.2. The molecule has 0 bridgehead atoms. The summed E-state index contributed by atoms with van der Waals surface area (Å²) >= 11 is 0. The fraction of sp³-hybridized carbons (Fsp3) is 0.438. The van der Waals surface area contributed by atoms with Crippen LogP contribution >= 0.6 is 0 Å². The molecule has 1 aromatic heterocycles. The number of para-hydroxylation sites is 1. The van der Waals surface area contributed by atoms with Crippen LogP contribution in [0.2, 0.25) is 0 Å². The molecule has 1 atom stereocenters. The van der Waals surface area contributed by atoms with Gasteiger partial charge in [0.05, 0.1) is 5.52 Å². The number of nitrogens with zero attached hydrogens (tertiary/aromatic N) is 2. The van der Waals surface area contributed by atoms with Crippen LogP contribution in [0.15, 0.2) is 36.5 Å². The normalized spacial score (nSPS) is 20.0. The molecule has 0 amide bonds. The van der Waals surface area contributed by atoms with Gasteiger partial charge in [-0.15, -0.1) is 0 Å². The summed E-state index contributed by atoms with van der Waals surface area (Å²) in [6.45, 7) is 3.13. The van der Waals surface area contributed by atoms with Gasteiger partial charge < -0.3 is 0 Å². The number of piperidine rings is 1. The van der Waals surface area contributed by atoms with Crippen LogP contribution in [0.3, 0.4) is 0 Å². The number of likely N-dealkylation sites (tertiary alicyclic amines) is 1. The SMILES string of the molecule is NS(=O)(=O)NCC1CCCN(Cc2cccc3cccnc23)C1. The smallest absolute Gasteiger partial charge is 0.274 e. The summed E-state index contributed by atoms with van der Waals surface area (Å²) in [4.78, 5) is 6.86. The number of pyridine rings is 1. The zero-order valence-electron chi connectivity index (χ0n) is 13.0. The Morgan fingerprint density at radius 3 is 2.96 bits per heavy atom. The van der Waals surface area contributed by atoms with Crippen molar-refractivity contribution in [3.05, 3.63) is 42.1 Å². The molecule has 0 aliphatic carbocycles. The lowest BCUT2D eigenvalue weighted by molar-refractivity contribution is 0.169. The van der Waals surface area contributed by atoms with E-state index in [1.165, 1.54) is 5.56 Å². The Balaban J connectivity index is 1.67. The summed E-state index contributed by atoms with van der Waals surface area (Å²) in [6, 6.07) is 10.3. The first-order valence-electron chi connectivity index (χ1n) is 7.83. The zero-order valence-corrected chi connectivity index (χ0v) is 13.8. The lowest BCUT2D eigenvalue weighted by atomic mass is 9.97. The van der Waals surface area contributed by atoms with Crippen molar-refractivity contribution in [2.24, 2.45) is 11.1 Å². The molecule has 1 aliphatic rings. The minimum absolute atomic E-state index is 0.296. The minimum Gasteiger partial charge on any atom is -0.299 e. The van der Waals surface area contributed by atoms with E-state index in [1.54, 1.807) is 0 Å². The van der Waals surface area contributed by atoms with Crippen LogP contribution in [-0.2, 0) is 16.8 Å². The van der Waals surface area contributed by atoms with Gasteiger partial charge in [0.1, 0.15) is 0 Å². The average molecular weight is 334 g/mol. The van der Waals surface area contributed by atoms with Crippen LogP contribution in [0, 0.1) is 5.92 Å². The molecular weight excluding hydrogens is 312 g/mol. The second-order valence-corrected chi connectivity index (χ2v) is 7.51. The molecular formula is C16H22N4O2S. The summed E-state index contributed by atoms with van der Waals surface area (Å²) in [7, 11) is -3.61. The Kier molecular flexibility index (Phi) is 4.91. The number of fused-ring (bicyclic) bond motifs is 1. The number of rotatable bonds is 5. The highest BCUT2D eigenvalue weighted by Crippen LogP contribution is 2.22. The molecule has 1 fully saturated rings. The first kappa shape index (κ1) is 16.3. The van der Waals surface area contributed by atoms with E-state index in [0.29, 0.717) is 12.5 Å². The quantitative estimate of drug-likeness (QED) is 0.861. The Labute approximate surface area is 136 Å². The fourth-order valence-corrected chi connectivity index (χ4v) is 3.70. The minimum atomic E-state index is -3.61. The number of nitrogens with two attached hydrogens (primary N) is 1. The van der Waals surface area contributed by atoms with Gasteiger partial charge in [0, 0.05) is 31.2 Å². The van der Waals surface area contributed by atoms with Gasteiger partial charge in [-0.3, -0.25) is 9.88 Å². The molecule has 124 valence electrons. The van der Waals surface area contributed by atoms with Gasteiger partial charge in [-0.25, -0.2) is 9.86 Å². The molecule has 0 saturated carbocycles. The van der Waals surface area contributed by atoms with Crippen molar-refractivity contribution in [2.75, 3.05) is 19.6 Å². The molecule has 1 saturated heterocycles. The van der Waals surface area contributed by atoms with Crippen molar-refractivity contribution >= 4 is 21.1 Å². The summed E-state index contributed by atoms with van der Waals surface area (Å²) < 4.78 is 24.5. The number of benzene rings is 1. The van der Waals surface area contributed by atoms with E-state index in [0.717, 1.165) is 43.4 Å². The highest BCUT2D eigenvalue weighted by Gasteiger charge is 2.21. The molecule has 2 heterocycles. The average Bonchev–Trinajstić information content (AvgIpc) is 2.53. The molecule has 6 nitrogen and oxygen atoms in total. The number of aromatic nitrogens is 1. The van der Waals surface area contributed by atoms with Gasteiger partial charge in [-0.05, 0) is 36.9 Å². The van der Waals surface area contributed by atoms with Crippen LogP contribution in [0.25, 0.3) is 10.9 Å². The first-order chi connectivity index (χ1) is 11.0. The van der Waals surface area contributed by atoms with Gasteiger partial charge in [0.25, 0.3) is 10.2 Å². The number of hydrogen-bond acceptors (Lipinski definition) is 4. The molecule has 0 spiro atoms. The predicted octanol–water partition coefficient (Wildman–Crippen LogP) is 1.24. The standard InChI is InChI=1S/C16H22N4O2S/c17-23(21,22)19-10-13-4-3-9-20(11-13)12-15-6-1-5-14-7-2-8-18-16(14)15/h1-2,5-8,13,19H,3-4,9-12H2,(H2,17,21,22). The van der Waals surface area contributed by atoms with Gasteiger partial charge >= 0.3 is 0 Å². The third kappa shape index (κ3) is 4.48.